The predicted molar refractivity (Wildman–Crippen MR) is 74.8 cm³/mol. The summed E-state index contributed by atoms with van der Waals surface area (Å²) in [7, 11) is 0. The molecule has 0 amide bonds. The molecule has 0 unspecified atom stereocenters. The Hall–Kier alpha value is -1.58. The third kappa shape index (κ3) is 3.46. The summed E-state index contributed by atoms with van der Waals surface area (Å²) in [5, 5.41) is 0.654. The highest BCUT2D eigenvalue weighted by molar-refractivity contribution is 6.30. The summed E-state index contributed by atoms with van der Waals surface area (Å²) in [4.78, 5) is 0. The number of ether oxygens (including phenoxy) is 1. The fraction of sp³-hybridized carbons (Fsp3) is 0.200. The fourth-order valence-corrected chi connectivity index (χ4v) is 2.02. The zero-order valence-corrected chi connectivity index (χ0v) is 11.4. The minimum atomic E-state index is -0.288. The summed E-state index contributed by atoms with van der Waals surface area (Å²) in [6.45, 7) is 2.45. The fourth-order valence-electron chi connectivity index (χ4n) is 1.80. The molecule has 0 fully saturated rings. The number of nitrogens with two attached hydrogens (primary N) is 1. The van der Waals surface area contributed by atoms with Gasteiger partial charge in [0.25, 0.3) is 0 Å². The lowest BCUT2D eigenvalue weighted by Crippen LogP contribution is -2.03. The van der Waals surface area contributed by atoms with Crippen molar-refractivity contribution in [3.63, 3.8) is 0 Å². The highest BCUT2D eigenvalue weighted by Gasteiger charge is 2.06. The van der Waals surface area contributed by atoms with E-state index < -0.39 is 0 Å². The normalized spacial score (nSPS) is 10.5. The molecule has 0 radical (unpaired) electrons. The van der Waals surface area contributed by atoms with Crippen LogP contribution < -0.4 is 10.5 Å². The van der Waals surface area contributed by atoms with Gasteiger partial charge < -0.3 is 10.5 Å². The highest BCUT2D eigenvalue weighted by Crippen LogP contribution is 2.23. The van der Waals surface area contributed by atoms with Crippen LogP contribution in [0.15, 0.2) is 36.4 Å². The molecular weight excluding hydrogens is 265 g/mol. The summed E-state index contributed by atoms with van der Waals surface area (Å²) in [6, 6.07) is 10.1. The molecule has 0 aliphatic heterocycles. The molecule has 0 aliphatic rings. The van der Waals surface area contributed by atoms with Crippen molar-refractivity contribution in [3.05, 3.63) is 63.9 Å². The first-order valence-corrected chi connectivity index (χ1v) is 6.34. The van der Waals surface area contributed by atoms with E-state index in [0.717, 1.165) is 11.1 Å². The van der Waals surface area contributed by atoms with Gasteiger partial charge in [-0.2, -0.15) is 0 Å². The minimum absolute atomic E-state index is 0.169. The first-order chi connectivity index (χ1) is 9.10. The van der Waals surface area contributed by atoms with E-state index in [2.05, 4.69) is 0 Å². The smallest absolute Gasteiger partial charge is 0.129 e. The summed E-state index contributed by atoms with van der Waals surface area (Å²) in [5.41, 5.74) is 7.84. The standard InChI is InChI=1S/C15H15ClFNO/c1-10-6-13(16)3-5-15(10)19-9-12-7-11(8-18)2-4-14(12)17/h2-7H,8-9,18H2,1H3. The molecule has 0 saturated heterocycles. The van der Waals surface area contributed by atoms with Gasteiger partial charge in [-0.25, -0.2) is 4.39 Å². The zero-order valence-electron chi connectivity index (χ0n) is 10.6. The van der Waals surface area contributed by atoms with Crippen molar-refractivity contribution in [2.45, 2.75) is 20.1 Å². The molecule has 4 heteroatoms. The van der Waals surface area contributed by atoms with Gasteiger partial charge in [0.1, 0.15) is 18.2 Å². The minimum Gasteiger partial charge on any atom is -0.489 e. The molecule has 2 aromatic carbocycles. The van der Waals surface area contributed by atoms with Gasteiger partial charge in [-0.1, -0.05) is 17.7 Å². The lowest BCUT2D eigenvalue weighted by atomic mass is 10.1. The second-order valence-corrected chi connectivity index (χ2v) is 4.76. The Bertz CT molecular complexity index is 586. The Kier molecular flexibility index (Phi) is 4.40. The number of aryl methyl sites for hydroxylation is 1. The van der Waals surface area contributed by atoms with Crippen LogP contribution in [0, 0.1) is 12.7 Å². The summed E-state index contributed by atoms with van der Waals surface area (Å²) >= 11 is 5.87. The van der Waals surface area contributed by atoms with Crippen LogP contribution in [0.2, 0.25) is 5.02 Å². The second kappa shape index (κ2) is 6.04. The molecule has 0 saturated carbocycles. The molecule has 2 rings (SSSR count). The topological polar surface area (TPSA) is 35.2 Å². The summed E-state index contributed by atoms with van der Waals surface area (Å²) in [6.07, 6.45) is 0. The van der Waals surface area contributed by atoms with Crippen molar-refractivity contribution in [2.75, 3.05) is 0 Å². The van der Waals surface area contributed by atoms with E-state index in [4.69, 9.17) is 22.1 Å². The number of hydrogen-bond acceptors (Lipinski definition) is 2. The molecule has 0 aliphatic carbocycles. The predicted octanol–water partition coefficient (Wildman–Crippen LogP) is 3.83. The Labute approximate surface area is 117 Å². The van der Waals surface area contributed by atoms with Crippen LogP contribution in [0.25, 0.3) is 0 Å². The van der Waals surface area contributed by atoms with Crippen molar-refractivity contribution < 1.29 is 9.13 Å². The number of hydrogen-bond donors (Lipinski definition) is 1. The third-order valence-electron chi connectivity index (χ3n) is 2.87. The molecule has 0 spiro atoms. The maximum atomic E-state index is 13.6. The summed E-state index contributed by atoms with van der Waals surface area (Å²) < 4.78 is 19.3. The van der Waals surface area contributed by atoms with Gasteiger partial charge >= 0.3 is 0 Å². The van der Waals surface area contributed by atoms with E-state index in [-0.39, 0.29) is 12.4 Å². The van der Waals surface area contributed by atoms with Crippen LogP contribution in [0.3, 0.4) is 0 Å². The second-order valence-electron chi connectivity index (χ2n) is 4.33. The SMILES string of the molecule is Cc1cc(Cl)ccc1OCc1cc(CN)ccc1F. The average Bonchev–Trinajstić information content (AvgIpc) is 2.39. The van der Waals surface area contributed by atoms with Gasteiger partial charge in [-0.3, -0.25) is 0 Å². The first kappa shape index (κ1) is 13.8. The third-order valence-corrected chi connectivity index (χ3v) is 3.10. The van der Waals surface area contributed by atoms with E-state index in [0.29, 0.717) is 22.9 Å². The number of benzene rings is 2. The monoisotopic (exact) mass is 279 g/mol. The summed E-state index contributed by atoms with van der Waals surface area (Å²) in [5.74, 6) is 0.408. The molecule has 19 heavy (non-hydrogen) atoms. The van der Waals surface area contributed by atoms with Crippen molar-refractivity contribution in [1.29, 1.82) is 0 Å². The van der Waals surface area contributed by atoms with Crippen LogP contribution in [-0.2, 0) is 13.2 Å². The van der Waals surface area contributed by atoms with Crippen molar-refractivity contribution in [1.82, 2.24) is 0 Å². The molecule has 100 valence electrons. The van der Waals surface area contributed by atoms with Gasteiger partial charge in [0, 0.05) is 17.1 Å². The van der Waals surface area contributed by atoms with E-state index in [9.17, 15) is 4.39 Å². The van der Waals surface area contributed by atoms with E-state index in [1.807, 2.05) is 13.0 Å². The molecular formula is C15H15ClFNO. The lowest BCUT2D eigenvalue weighted by Gasteiger charge is -2.11. The highest BCUT2D eigenvalue weighted by atomic mass is 35.5. The Morgan fingerprint density at radius 1 is 1.21 bits per heavy atom. The lowest BCUT2D eigenvalue weighted by molar-refractivity contribution is 0.297. The maximum Gasteiger partial charge on any atom is 0.129 e. The molecule has 2 aromatic rings. The molecule has 0 aromatic heterocycles. The quantitative estimate of drug-likeness (QED) is 0.923. The number of halogens is 2. The first-order valence-electron chi connectivity index (χ1n) is 5.96. The maximum absolute atomic E-state index is 13.6. The van der Waals surface area contributed by atoms with Crippen molar-refractivity contribution in [3.8, 4) is 5.75 Å². The molecule has 0 atom stereocenters. The van der Waals surface area contributed by atoms with Crippen molar-refractivity contribution in [2.24, 2.45) is 5.73 Å². The largest absolute Gasteiger partial charge is 0.489 e. The van der Waals surface area contributed by atoms with E-state index in [1.165, 1.54) is 6.07 Å². The van der Waals surface area contributed by atoms with Crippen LogP contribution >= 0.6 is 11.6 Å². The molecule has 0 heterocycles. The zero-order chi connectivity index (χ0) is 13.8. The van der Waals surface area contributed by atoms with E-state index in [1.54, 1.807) is 24.3 Å². The molecule has 2 nitrogen and oxygen atoms in total. The molecule has 0 bridgehead atoms. The van der Waals surface area contributed by atoms with Crippen LogP contribution in [0.5, 0.6) is 5.75 Å². The molecule has 2 N–H and O–H groups in total. The van der Waals surface area contributed by atoms with Gasteiger partial charge in [0.05, 0.1) is 0 Å². The van der Waals surface area contributed by atoms with Crippen LogP contribution in [0.4, 0.5) is 4.39 Å². The Morgan fingerprint density at radius 2 is 2.00 bits per heavy atom. The van der Waals surface area contributed by atoms with Gasteiger partial charge in [-0.05, 0) is 48.4 Å². The van der Waals surface area contributed by atoms with Crippen molar-refractivity contribution >= 4 is 11.6 Å². The van der Waals surface area contributed by atoms with E-state index >= 15 is 0 Å². The van der Waals surface area contributed by atoms with Gasteiger partial charge in [-0.15, -0.1) is 0 Å². The van der Waals surface area contributed by atoms with Gasteiger partial charge in [0.15, 0.2) is 0 Å². The Morgan fingerprint density at radius 3 is 2.68 bits per heavy atom. The van der Waals surface area contributed by atoms with Gasteiger partial charge in [0.2, 0.25) is 0 Å². The Balaban J connectivity index is 2.14. The van der Waals surface area contributed by atoms with Crippen LogP contribution in [-0.4, -0.2) is 0 Å². The number of rotatable bonds is 4. The van der Waals surface area contributed by atoms with Crippen LogP contribution in [0.1, 0.15) is 16.7 Å². The average molecular weight is 280 g/mol.